The SMILES string of the molecule is CC(=O)OC1[C@H](OC2C=CC3[C@H]4Cc5ccc(OC(=O)c6ccc(C(=O)Oc7ccc8c9c7O[C@H]7C(OC(C)=O)C=CC%10[C@@H](C8)N(C)CC[C@@]9%107)cc6)c6c5[C@@]3(CCN4C)[C@H]2O6)OC(C)[C@H](C)[C@@H]1OC(C)=O. The van der Waals surface area contributed by atoms with Gasteiger partial charge in [-0.05, 0) is 113 Å². The van der Waals surface area contributed by atoms with Crippen molar-refractivity contribution in [3.63, 3.8) is 0 Å². The second-order valence-corrected chi connectivity index (χ2v) is 21.1. The third-order valence-corrected chi connectivity index (χ3v) is 17.4. The topological polar surface area (TPSA) is 175 Å². The number of rotatable bonds is 9. The highest BCUT2D eigenvalue weighted by Crippen LogP contribution is 2.64. The van der Waals surface area contributed by atoms with Crippen molar-refractivity contribution in [1.29, 1.82) is 0 Å². The summed E-state index contributed by atoms with van der Waals surface area (Å²) in [7, 11) is 4.29. The van der Waals surface area contributed by atoms with E-state index in [1.165, 1.54) is 45.0 Å². The summed E-state index contributed by atoms with van der Waals surface area (Å²) in [5, 5.41) is 0. The number of esters is 5. The lowest BCUT2D eigenvalue weighted by atomic mass is 9.53. The molecule has 0 saturated carbocycles. The van der Waals surface area contributed by atoms with Gasteiger partial charge in [-0.1, -0.05) is 37.3 Å². The molecule has 5 heterocycles. The standard InChI is InChI=1S/C55H58N2O14/c1-26-27(2)63-53(48(66-30(5)60)45(26)65-29(4)59)69-42-19-15-36-38-25-34-13-17-40(47-44(34)55(36,50(42)71-47)21-23-57(38)7)68-52(62)32-10-8-31(9-11-32)51(61)67-39-16-12-33-24-37-35-14-18-41(64-28(3)58)49-54(35,20-22-56(37)6)43(33)46(39)70-49/h8-19,26-27,35-38,41-42,45,48-50,53H,20-25H2,1-7H3/t26-,27?,35?,36?,37+,38+,41?,42?,45-,48?,49-,50-,53-,54-,55-/m0/s1. The molecule has 4 aliphatic carbocycles. The zero-order valence-electron chi connectivity index (χ0n) is 40.8. The summed E-state index contributed by atoms with van der Waals surface area (Å²) in [6.07, 6.45) is 5.79. The fourth-order valence-corrected chi connectivity index (χ4v) is 14.1. The van der Waals surface area contributed by atoms with Crippen molar-refractivity contribution in [3.8, 4) is 23.0 Å². The van der Waals surface area contributed by atoms with Crippen molar-refractivity contribution in [2.24, 2.45) is 17.8 Å². The first-order valence-electron chi connectivity index (χ1n) is 24.9. The van der Waals surface area contributed by atoms with Crippen molar-refractivity contribution in [3.05, 3.63) is 106 Å². The first-order valence-corrected chi connectivity index (χ1v) is 24.9. The van der Waals surface area contributed by atoms with Crippen molar-refractivity contribution in [2.45, 2.75) is 132 Å². The van der Waals surface area contributed by atoms with E-state index in [2.05, 4.69) is 36.0 Å². The first-order chi connectivity index (χ1) is 34.1. The van der Waals surface area contributed by atoms with Crippen LogP contribution in [0.2, 0.25) is 0 Å². The molecule has 6 unspecified atom stereocenters. The van der Waals surface area contributed by atoms with Crippen LogP contribution in [0, 0.1) is 17.8 Å². The van der Waals surface area contributed by atoms with Gasteiger partial charge in [0.1, 0.15) is 24.4 Å². The van der Waals surface area contributed by atoms with E-state index < -0.39 is 89.7 Å². The predicted octanol–water partition coefficient (Wildman–Crippen LogP) is 5.58. The van der Waals surface area contributed by atoms with Gasteiger partial charge in [0.2, 0.25) is 0 Å². The van der Waals surface area contributed by atoms with E-state index in [-0.39, 0.29) is 52.5 Å². The van der Waals surface area contributed by atoms with Crippen LogP contribution in [-0.2, 0) is 61.7 Å². The van der Waals surface area contributed by atoms with Crippen molar-refractivity contribution >= 4 is 29.8 Å². The van der Waals surface area contributed by atoms with Gasteiger partial charge in [0.25, 0.3) is 0 Å². The van der Waals surface area contributed by atoms with Crippen molar-refractivity contribution in [1.82, 2.24) is 9.80 Å². The molecule has 3 aromatic rings. The third kappa shape index (κ3) is 6.94. The average Bonchev–Trinajstić information content (AvgIpc) is 3.88. The molecule has 2 spiro atoms. The summed E-state index contributed by atoms with van der Waals surface area (Å²) in [6.45, 7) is 9.41. The number of hydrogen-bond donors (Lipinski definition) is 0. The number of likely N-dealkylation sites (N-methyl/N-ethyl adjacent to an activating group) is 2. The molecule has 5 aliphatic heterocycles. The maximum absolute atomic E-state index is 14.1. The van der Waals surface area contributed by atoms with Crippen LogP contribution < -0.4 is 18.9 Å². The number of hydrogen-bond acceptors (Lipinski definition) is 16. The Kier molecular flexibility index (Phi) is 10.9. The van der Waals surface area contributed by atoms with E-state index in [0.29, 0.717) is 11.5 Å². The largest absolute Gasteiger partial charge is 0.482 e. The normalized spacial score (nSPS) is 36.3. The molecule has 12 rings (SSSR count). The van der Waals surface area contributed by atoms with Gasteiger partial charge in [-0.3, -0.25) is 14.4 Å². The quantitative estimate of drug-likeness (QED) is 0.112. The van der Waals surface area contributed by atoms with Crippen LogP contribution in [0.25, 0.3) is 0 Å². The van der Waals surface area contributed by atoms with Gasteiger partial charge in [-0.2, -0.15) is 0 Å². The number of carbonyl (C=O) groups is 5. The Morgan fingerprint density at radius 1 is 0.592 bits per heavy atom. The summed E-state index contributed by atoms with van der Waals surface area (Å²) >= 11 is 0. The highest BCUT2D eigenvalue weighted by molar-refractivity contribution is 5.95. The first kappa shape index (κ1) is 46.0. The van der Waals surface area contributed by atoms with E-state index in [9.17, 15) is 24.0 Å². The Hall–Kier alpha value is -6.07. The summed E-state index contributed by atoms with van der Waals surface area (Å²) < 4.78 is 56.5. The van der Waals surface area contributed by atoms with Gasteiger partial charge >= 0.3 is 29.8 Å². The molecule has 15 atom stereocenters. The fraction of sp³-hybridized carbons (Fsp3) is 0.509. The van der Waals surface area contributed by atoms with E-state index in [1.54, 1.807) is 12.1 Å². The van der Waals surface area contributed by atoms with E-state index >= 15 is 0 Å². The summed E-state index contributed by atoms with van der Waals surface area (Å²) in [4.78, 5) is 69.7. The zero-order chi connectivity index (χ0) is 49.4. The van der Waals surface area contributed by atoms with Gasteiger partial charge in [-0.15, -0.1) is 0 Å². The highest BCUT2D eigenvalue weighted by atomic mass is 16.7. The van der Waals surface area contributed by atoms with E-state index in [0.717, 1.165) is 61.0 Å². The van der Waals surface area contributed by atoms with Gasteiger partial charge < -0.3 is 52.4 Å². The Morgan fingerprint density at radius 2 is 1.06 bits per heavy atom. The molecule has 3 fully saturated rings. The molecule has 0 radical (unpaired) electrons. The Balaban J connectivity index is 0.794. The highest BCUT2D eigenvalue weighted by Gasteiger charge is 2.67. The Bertz CT molecular complexity index is 2830. The maximum atomic E-state index is 14.1. The molecule has 3 aromatic carbocycles. The lowest BCUT2D eigenvalue weighted by Gasteiger charge is -2.57. The number of benzene rings is 3. The molecule has 3 saturated heterocycles. The van der Waals surface area contributed by atoms with Gasteiger partial charge in [0.05, 0.1) is 17.2 Å². The molecule has 9 aliphatic rings. The monoisotopic (exact) mass is 970 g/mol. The van der Waals surface area contributed by atoms with Crippen LogP contribution in [-0.4, -0.2) is 128 Å². The molecule has 16 heteroatoms. The molecule has 372 valence electrons. The summed E-state index contributed by atoms with van der Waals surface area (Å²) in [5.74, 6) is -1.30. The van der Waals surface area contributed by atoms with Gasteiger partial charge in [0, 0.05) is 72.6 Å². The predicted molar refractivity (Wildman–Crippen MR) is 251 cm³/mol. The van der Waals surface area contributed by atoms with E-state index in [1.807, 2.05) is 38.1 Å². The molecule has 4 bridgehead atoms. The number of carbonyl (C=O) groups excluding carboxylic acids is 5. The maximum Gasteiger partial charge on any atom is 0.343 e. The van der Waals surface area contributed by atoms with Crippen molar-refractivity contribution < 1.29 is 66.6 Å². The van der Waals surface area contributed by atoms with Crippen LogP contribution in [0.1, 0.15) is 90.4 Å². The molecule has 0 aromatic heterocycles. The van der Waals surface area contributed by atoms with Crippen LogP contribution in [0.5, 0.6) is 23.0 Å². The molecular formula is C55H58N2O14. The third-order valence-electron chi connectivity index (χ3n) is 17.4. The Labute approximate surface area is 411 Å². The van der Waals surface area contributed by atoms with Crippen LogP contribution >= 0.6 is 0 Å². The molecule has 16 nitrogen and oxygen atoms in total. The Morgan fingerprint density at radius 3 is 1.55 bits per heavy atom. The van der Waals surface area contributed by atoms with Gasteiger partial charge in [-0.25, -0.2) is 9.59 Å². The van der Waals surface area contributed by atoms with Crippen LogP contribution in [0.3, 0.4) is 0 Å². The molecule has 0 N–H and O–H groups in total. The summed E-state index contributed by atoms with van der Waals surface area (Å²) in [5.41, 5.74) is 3.73. The number of likely N-dealkylation sites (tertiary alicyclic amines) is 2. The number of nitrogens with zero attached hydrogens (tertiary/aromatic N) is 2. The average molecular weight is 971 g/mol. The number of ether oxygens (including phenoxy) is 9. The zero-order valence-corrected chi connectivity index (χ0v) is 40.8. The smallest absolute Gasteiger partial charge is 0.343 e. The fourth-order valence-electron chi connectivity index (χ4n) is 14.1. The molecule has 71 heavy (non-hydrogen) atoms. The lowest BCUT2D eigenvalue weighted by Crippen LogP contribution is -2.66. The minimum absolute atomic E-state index is 0.0572. The van der Waals surface area contributed by atoms with Crippen molar-refractivity contribution in [2.75, 3.05) is 27.2 Å². The second-order valence-electron chi connectivity index (χ2n) is 21.1. The molecule has 0 amide bonds. The van der Waals surface area contributed by atoms with Crippen LogP contribution in [0.15, 0.2) is 72.8 Å². The lowest BCUT2D eigenvalue weighted by molar-refractivity contribution is -0.301. The van der Waals surface area contributed by atoms with Gasteiger partial charge in [0.15, 0.2) is 41.5 Å². The minimum atomic E-state index is -1.09. The van der Waals surface area contributed by atoms with Crippen LogP contribution in [0.4, 0.5) is 0 Å². The summed E-state index contributed by atoms with van der Waals surface area (Å²) in [6, 6.07) is 14.2. The molecular weight excluding hydrogens is 913 g/mol. The number of piperidine rings is 2. The van der Waals surface area contributed by atoms with E-state index in [4.69, 9.17) is 42.6 Å². The minimum Gasteiger partial charge on any atom is -0.482 e. The second kappa shape index (κ2) is 16.8.